The molecule has 0 spiro atoms. The maximum absolute atomic E-state index is 12.6. The smallest absolute Gasteiger partial charge is 0.261 e. The molecule has 1 saturated heterocycles. The minimum Gasteiger partial charge on any atom is -0.369 e. The van der Waals surface area contributed by atoms with Crippen molar-refractivity contribution in [3.8, 4) is 0 Å². The number of rotatable bonds is 5. The number of nitrogens with one attached hydrogen (secondary N) is 1. The summed E-state index contributed by atoms with van der Waals surface area (Å²) in [5.74, 6) is -0.744. The molecule has 0 aromatic heterocycles. The number of benzene rings is 2. The fourth-order valence-corrected chi connectivity index (χ4v) is 4.39. The van der Waals surface area contributed by atoms with Crippen LogP contribution >= 0.6 is 11.6 Å². The fraction of sp³-hybridized carbons (Fsp3) is 0.263. The van der Waals surface area contributed by atoms with Gasteiger partial charge in [0.2, 0.25) is 5.91 Å². The quantitative estimate of drug-likeness (QED) is 0.772. The van der Waals surface area contributed by atoms with Crippen molar-refractivity contribution in [2.75, 3.05) is 17.8 Å². The Morgan fingerprint density at radius 3 is 2.21 bits per heavy atom. The number of carbonyl (C=O) groups is 2. The standard InChI is InChI=1S/C19H20ClN3O4S/c20-16-3-1-2-4-17(16)22-28(26,27)15-7-5-14(6-8-15)19(25)23-11-9-13(10-12-23)18(21)24/h1-8,13,22H,9-12H2,(H2,21,24). The Kier molecular flexibility index (Phi) is 5.90. The average molecular weight is 422 g/mol. The van der Waals surface area contributed by atoms with Gasteiger partial charge in [0.25, 0.3) is 15.9 Å². The van der Waals surface area contributed by atoms with Gasteiger partial charge in [-0.3, -0.25) is 14.3 Å². The number of para-hydroxylation sites is 1. The van der Waals surface area contributed by atoms with Crippen molar-refractivity contribution in [1.29, 1.82) is 0 Å². The highest BCUT2D eigenvalue weighted by Gasteiger charge is 2.26. The van der Waals surface area contributed by atoms with E-state index in [9.17, 15) is 18.0 Å². The van der Waals surface area contributed by atoms with Gasteiger partial charge in [-0.15, -0.1) is 0 Å². The van der Waals surface area contributed by atoms with Crippen LogP contribution in [0.5, 0.6) is 0 Å². The van der Waals surface area contributed by atoms with E-state index in [-0.39, 0.29) is 33.3 Å². The van der Waals surface area contributed by atoms with Crippen molar-refractivity contribution < 1.29 is 18.0 Å². The first-order valence-electron chi connectivity index (χ1n) is 8.74. The molecule has 0 bridgehead atoms. The molecule has 0 saturated carbocycles. The van der Waals surface area contributed by atoms with Crippen molar-refractivity contribution in [2.45, 2.75) is 17.7 Å². The van der Waals surface area contributed by atoms with Gasteiger partial charge in [0.1, 0.15) is 0 Å². The molecule has 2 aromatic rings. The van der Waals surface area contributed by atoms with Gasteiger partial charge in [0.15, 0.2) is 0 Å². The minimum absolute atomic E-state index is 0.0245. The molecule has 0 aliphatic carbocycles. The van der Waals surface area contributed by atoms with Gasteiger partial charge in [-0.2, -0.15) is 0 Å². The lowest BCUT2D eigenvalue weighted by molar-refractivity contribution is -0.123. The summed E-state index contributed by atoms with van der Waals surface area (Å²) in [5.41, 5.74) is 5.97. The van der Waals surface area contributed by atoms with Gasteiger partial charge in [-0.25, -0.2) is 8.42 Å². The van der Waals surface area contributed by atoms with E-state index in [1.165, 1.54) is 24.3 Å². The average Bonchev–Trinajstić information content (AvgIpc) is 2.69. The van der Waals surface area contributed by atoms with Gasteiger partial charge < -0.3 is 10.6 Å². The van der Waals surface area contributed by atoms with Crippen molar-refractivity contribution >= 4 is 39.1 Å². The van der Waals surface area contributed by atoms with Crippen LogP contribution in [0.3, 0.4) is 0 Å². The Balaban J connectivity index is 1.70. The molecule has 2 aromatic carbocycles. The summed E-state index contributed by atoms with van der Waals surface area (Å²) in [7, 11) is -3.83. The van der Waals surface area contributed by atoms with Gasteiger partial charge in [0.05, 0.1) is 15.6 Å². The fourth-order valence-electron chi connectivity index (χ4n) is 3.07. The number of halogens is 1. The predicted molar refractivity (Wildman–Crippen MR) is 107 cm³/mol. The topological polar surface area (TPSA) is 110 Å². The Bertz CT molecular complexity index is 984. The first kappa shape index (κ1) is 20.2. The van der Waals surface area contributed by atoms with Crippen LogP contribution in [-0.2, 0) is 14.8 Å². The number of hydrogen-bond donors (Lipinski definition) is 2. The molecular weight excluding hydrogens is 402 g/mol. The number of primary amides is 1. The lowest BCUT2D eigenvalue weighted by atomic mass is 9.96. The molecule has 2 amide bonds. The zero-order valence-electron chi connectivity index (χ0n) is 15.0. The lowest BCUT2D eigenvalue weighted by Crippen LogP contribution is -2.41. The Morgan fingerprint density at radius 2 is 1.64 bits per heavy atom. The molecule has 1 aliphatic rings. The highest BCUT2D eigenvalue weighted by molar-refractivity contribution is 7.92. The van der Waals surface area contributed by atoms with Gasteiger partial charge in [-0.1, -0.05) is 23.7 Å². The molecule has 28 heavy (non-hydrogen) atoms. The Hall–Kier alpha value is -2.58. The van der Waals surface area contributed by atoms with Crippen LogP contribution in [0.2, 0.25) is 5.02 Å². The van der Waals surface area contributed by atoms with E-state index in [1.54, 1.807) is 29.2 Å². The van der Waals surface area contributed by atoms with E-state index in [1.807, 2.05) is 0 Å². The van der Waals surface area contributed by atoms with Crippen LogP contribution in [0.1, 0.15) is 23.2 Å². The molecule has 1 fully saturated rings. The van der Waals surface area contributed by atoms with E-state index in [2.05, 4.69) is 4.72 Å². The number of amides is 2. The van der Waals surface area contributed by atoms with Crippen LogP contribution in [0.15, 0.2) is 53.4 Å². The number of sulfonamides is 1. The summed E-state index contributed by atoms with van der Waals surface area (Å²) in [6, 6.07) is 12.2. The summed E-state index contributed by atoms with van der Waals surface area (Å²) >= 11 is 5.99. The third kappa shape index (κ3) is 4.45. The van der Waals surface area contributed by atoms with Crippen LogP contribution in [-0.4, -0.2) is 38.2 Å². The molecule has 0 unspecified atom stereocenters. The van der Waals surface area contributed by atoms with Gasteiger partial charge in [-0.05, 0) is 49.2 Å². The molecular formula is C19H20ClN3O4S. The predicted octanol–water partition coefficient (Wildman–Crippen LogP) is 2.48. The molecule has 148 valence electrons. The van der Waals surface area contributed by atoms with E-state index < -0.39 is 10.0 Å². The number of likely N-dealkylation sites (tertiary alicyclic amines) is 1. The second-order valence-electron chi connectivity index (χ2n) is 6.58. The molecule has 9 heteroatoms. The Labute approximate surface area is 168 Å². The molecule has 7 nitrogen and oxygen atoms in total. The number of hydrogen-bond acceptors (Lipinski definition) is 4. The second kappa shape index (κ2) is 8.20. The van der Waals surface area contributed by atoms with Crippen molar-refractivity contribution in [3.63, 3.8) is 0 Å². The third-order valence-corrected chi connectivity index (χ3v) is 6.43. The third-order valence-electron chi connectivity index (χ3n) is 4.71. The van der Waals surface area contributed by atoms with E-state index in [0.717, 1.165) is 0 Å². The SMILES string of the molecule is NC(=O)C1CCN(C(=O)c2ccc(S(=O)(=O)Nc3ccccc3Cl)cc2)CC1. The molecule has 3 rings (SSSR count). The molecule has 3 N–H and O–H groups in total. The first-order chi connectivity index (χ1) is 13.3. The largest absolute Gasteiger partial charge is 0.369 e. The first-order valence-corrected chi connectivity index (χ1v) is 10.6. The minimum atomic E-state index is -3.83. The highest BCUT2D eigenvalue weighted by Crippen LogP contribution is 2.24. The van der Waals surface area contributed by atoms with Crippen molar-refractivity contribution in [2.24, 2.45) is 11.7 Å². The maximum Gasteiger partial charge on any atom is 0.261 e. The van der Waals surface area contributed by atoms with E-state index in [4.69, 9.17) is 17.3 Å². The normalized spacial score (nSPS) is 15.2. The van der Waals surface area contributed by atoms with E-state index in [0.29, 0.717) is 31.5 Å². The van der Waals surface area contributed by atoms with Crippen molar-refractivity contribution in [1.82, 2.24) is 4.90 Å². The van der Waals surface area contributed by atoms with Gasteiger partial charge >= 0.3 is 0 Å². The van der Waals surface area contributed by atoms with E-state index >= 15 is 0 Å². The number of anilines is 1. The number of carbonyl (C=O) groups excluding carboxylic acids is 2. The zero-order chi connectivity index (χ0) is 20.3. The maximum atomic E-state index is 12.6. The summed E-state index contributed by atoms with van der Waals surface area (Å²) in [6.45, 7) is 0.890. The van der Waals surface area contributed by atoms with Crippen LogP contribution in [0, 0.1) is 5.92 Å². The van der Waals surface area contributed by atoms with Crippen LogP contribution < -0.4 is 10.5 Å². The number of nitrogens with zero attached hydrogens (tertiary/aromatic N) is 1. The molecule has 0 atom stereocenters. The summed E-state index contributed by atoms with van der Waals surface area (Å²) in [5, 5.41) is 0.289. The van der Waals surface area contributed by atoms with Crippen LogP contribution in [0.25, 0.3) is 0 Å². The summed E-state index contributed by atoms with van der Waals surface area (Å²) < 4.78 is 27.5. The number of nitrogens with two attached hydrogens (primary N) is 1. The van der Waals surface area contributed by atoms with Crippen molar-refractivity contribution in [3.05, 3.63) is 59.1 Å². The monoisotopic (exact) mass is 421 g/mol. The lowest BCUT2D eigenvalue weighted by Gasteiger charge is -2.30. The summed E-state index contributed by atoms with van der Waals surface area (Å²) in [6.07, 6.45) is 1.07. The molecule has 0 radical (unpaired) electrons. The van der Waals surface area contributed by atoms with Gasteiger partial charge in [0, 0.05) is 24.6 Å². The molecule has 1 aliphatic heterocycles. The van der Waals surface area contributed by atoms with Crippen LogP contribution in [0.4, 0.5) is 5.69 Å². The highest BCUT2D eigenvalue weighted by atomic mass is 35.5. The number of piperidine rings is 1. The second-order valence-corrected chi connectivity index (χ2v) is 8.67. The zero-order valence-corrected chi connectivity index (χ0v) is 16.5. The molecule has 1 heterocycles. The Morgan fingerprint density at radius 1 is 1.04 bits per heavy atom. The summed E-state index contributed by atoms with van der Waals surface area (Å²) in [4.78, 5) is 25.5.